The zero-order valence-corrected chi connectivity index (χ0v) is 17.6. The third-order valence-corrected chi connectivity index (χ3v) is 5.41. The van der Waals surface area contributed by atoms with Gasteiger partial charge in [0.05, 0.1) is 5.92 Å². The van der Waals surface area contributed by atoms with Crippen LogP contribution in [0.4, 0.5) is 5.69 Å². The average Bonchev–Trinajstić information content (AvgIpc) is 2.73. The predicted molar refractivity (Wildman–Crippen MR) is 119 cm³/mol. The summed E-state index contributed by atoms with van der Waals surface area (Å²) in [7, 11) is 0. The molecule has 2 rings (SSSR count). The van der Waals surface area contributed by atoms with Gasteiger partial charge in [0.25, 0.3) is 0 Å². The molecule has 3 heteroatoms. The monoisotopic (exact) mass is 380 g/mol. The number of carbonyl (C=O) groups is 1. The van der Waals surface area contributed by atoms with Crippen molar-refractivity contribution < 1.29 is 4.79 Å². The van der Waals surface area contributed by atoms with Crippen molar-refractivity contribution in [2.45, 2.75) is 84.0 Å². The van der Waals surface area contributed by atoms with Gasteiger partial charge in [0.2, 0.25) is 5.91 Å². The van der Waals surface area contributed by atoms with E-state index in [0.717, 1.165) is 17.7 Å². The van der Waals surface area contributed by atoms with Crippen LogP contribution in [0.1, 0.15) is 88.7 Å². The van der Waals surface area contributed by atoms with E-state index in [0.29, 0.717) is 0 Å². The zero-order chi connectivity index (χ0) is 20.0. The molecule has 0 spiro atoms. The molecule has 1 N–H and O–H groups in total. The maximum Gasteiger partial charge on any atom is 0.231 e. The molecular weight excluding hydrogens is 344 g/mol. The normalized spacial score (nSPS) is 11.9. The van der Waals surface area contributed by atoms with E-state index in [9.17, 15) is 4.79 Å². The van der Waals surface area contributed by atoms with Crippen LogP contribution in [0.3, 0.4) is 0 Å². The number of nitrogens with zero attached hydrogens (tertiary/aromatic N) is 1. The first-order valence-electron chi connectivity index (χ1n) is 11.0. The Kier molecular flexibility index (Phi) is 10.3. The molecule has 0 aliphatic heterocycles. The molecular formula is C25H36N2O. The summed E-state index contributed by atoms with van der Waals surface area (Å²) in [6.45, 7) is 4.26. The molecule has 1 heterocycles. The van der Waals surface area contributed by atoms with Crippen LogP contribution in [0.2, 0.25) is 0 Å². The van der Waals surface area contributed by atoms with Crippen molar-refractivity contribution in [1.29, 1.82) is 0 Å². The largest absolute Gasteiger partial charge is 0.325 e. The maximum absolute atomic E-state index is 12.7. The topological polar surface area (TPSA) is 42.0 Å². The third kappa shape index (κ3) is 7.84. The minimum Gasteiger partial charge on any atom is -0.325 e. The number of benzene rings is 1. The average molecular weight is 381 g/mol. The molecule has 1 amide bonds. The van der Waals surface area contributed by atoms with E-state index in [4.69, 9.17) is 0 Å². The van der Waals surface area contributed by atoms with Gasteiger partial charge in [0, 0.05) is 18.1 Å². The van der Waals surface area contributed by atoms with Crippen molar-refractivity contribution in [3.8, 4) is 0 Å². The summed E-state index contributed by atoms with van der Waals surface area (Å²) in [5.41, 5.74) is 3.25. The number of pyridine rings is 1. The van der Waals surface area contributed by atoms with Gasteiger partial charge in [-0.25, -0.2) is 0 Å². The molecule has 0 bridgehead atoms. The van der Waals surface area contributed by atoms with Crippen LogP contribution in [0, 0.1) is 0 Å². The van der Waals surface area contributed by atoms with Crippen molar-refractivity contribution in [3.63, 3.8) is 0 Å². The fourth-order valence-corrected chi connectivity index (χ4v) is 3.64. The van der Waals surface area contributed by atoms with Crippen molar-refractivity contribution >= 4 is 11.6 Å². The lowest BCUT2D eigenvalue weighted by Gasteiger charge is -2.16. The molecule has 0 aliphatic rings. The van der Waals surface area contributed by atoms with Gasteiger partial charge in [-0.15, -0.1) is 0 Å². The first kappa shape index (κ1) is 22.1. The Morgan fingerprint density at radius 1 is 0.893 bits per heavy atom. The van der Waals surface area contributed by atoms with Crippen LogP contribution in [-0.2, 0) is 11.2 Å². The van der Waals surface area contributed by atoms with Crippen LogP contribution in [0.15, 0.2) is 48.8 Å². The molecule has 28 heavy (non-hydrogen) atoms. The number of unbranched alkanes of at least 4 members (excludes halogenated alkanes) is 8. The van der Waals surface area contributed by atoms with E-state index >= 15 is 0 Å². The highest BCUT2D eigenvalue weighted by Crippen LogP contribution is 2.23. The summed E-state index contributed by atoms with van der Waals surface area (Å²) in [5, 5.41) is 2.99. The molecule has 1 unspecified atom stereocenters. The van der Waals surface area contributed by atoms with Gasteiger partial charge in [-0.2, -0.15) is 0 Å². The summed E-state index contributed by atoms with van der Waals surface area (Å²) in [4.78, 5) is 16.6. The molecule has 0 saturated carbocycles. The number of rotatable bonds is 13. The molecule has 3 nitrogen and oxygen atoms in total. The SMILES string of the molecule is CCCCCCCCCCCc1ccccc1C(C)C(=O)Nc1ccncc1. The Hall–Kier alpha value is -2.16. The molecule has 152 valence electrons. The highest BCUT2D eigenvalue weighted by atomic mass is 16.1. The van der Waals surface area contributed by atoms with Gasteiger partial charge in [0.1, 0.15) is 0 Å². The number of aromatic nitrogens is 1. The Morgan fingerprint density at radius 3 is 2.18 bits per heavy atom. The van der Waals surface area contributed by atoms with Gasteiger partial charge in [-0.05, 0) is 43.0 Å². The summed E-state index contributed by atoms with van der Waals surface area (Å²) < 4.78 is 0. The third-order valence-electron chi connectivity index (χ3n) is 5.41. The Bertz CT molecular complexity index is 684. The maximum atomic E-state index is 12.7. The van der Waals surface area contributed by atoms with Crippen LogP contribution in [0.25, 0.3) is 0 Å². The van der Waals surface area contributed by atoms with E-state index in [1.54, 1.807) is 12.4 Å². The van der Waals surface area contributed by atoms with E-state index in [1.165, 1.54) is 63.4 Å². The molecule has 2 aromatic rings. The first-order valence-corrected chi connectivity index (χ1v) is 11.0. The predicted octanol–water partition coefficient (Wildman–Crippen LogP) is 6.90. The van der Waals surface area contributed by atoms with Crippen LogP contribution >= 0.6 is 0 Å². The number of anilines is 1. The zero-order valence-electron chi connectivity index (χ0n) is 17.6. The molecule has 1 aromatic carbocycles. The molecule has 0 fully saturated rings. The number of amides is 1. The van der Waals surface area contributed by atoms with Crippen LogP contribution < -0.4 is 5.32 Å². The van der Waals surface area contributed by atoms with E-state index < -0.39 is 0 Å². The Labute approximate surface area is 171 Å². The fourth-order valence-electron chi connectivity index (χ4n) is 3.64. The minimum atomic E-state index is -0.164. The lowest BCUT2D eigenvalue weighted by Crippen LogP contribution is -2.20. The van der Waals surface area contributed by atoms with E-state index in [-0.39, 0.29) is 11.8 Å². The lowest BCUT2D eigenvalue weighted by molar-refractivity contribution is -0.117. The summed E-state index contributed by atoms with van der Waals surface area (Å²) >= 11 is 0. The summed E-state index contributed by atoms with van der Waals surface area (Å²) in [6.07, 6.45) is 16.5. The van der Waals surface area contributed by atoms with Gasteiger partial charge in [-0.3, -0.25) is 9.78 Å². The van der Waals surface area contributed by atoms with Gasteiger partial charge < -0.3 is 5.32 Å². The van der Waals surface area contributed by atoms with E-state index in [1.807, 2.05) is 25.1 Å². The number of hydrogen-bond donors (Lipinski definition) is 1. The number of carbonyl (C=O) groups excluding carboxylic acids is 1. The second kappa shape index (κ2) is 13.1. The fraction of sp³-hybridized carbons (Fsp3) is 0.520. The second-order valence-electron chi connectivity index (χ2n) is 7.72. The summed E-state index contributed by atoms with van der Waals surface area (Å²) in [6, 6.07) is 12.0. The highest BCUT2D eigenvalue weighted by molar-refractivity contribution is 5.95. The molecule has 0 aliphatic carbocycles. The second-order valence-corrected chi connectivity index (χ2v) is 7.72. The van der Waals surface area contributed by atoms with Crippen LogP contribution in [0.5, 0.6) is 0 Å². The van der Waals surface area contributed by atoms with Crippen molar-refractivity contribution in [3.05, 3.63) is 59.9 Å². The van der Waals surface area contributed by atoms with Gasteiger partial charge >= 0.3 is 0 Å². The van der Waals surface area contributed by atoms with Crippen molar-refractivity contribution in [2.75, 3.05) is 5.32 Å². The Balaban J connectivity index is 1.77. The van der Waals surface area contributed by atoms with Crippen molar-refractivity contribution in [1.82, 2.24) is 4.98 Å². The smallest absolute Gasteiger partial charge is 0.231 e. The molecule has 1 aromatic heterocycles. The van der Waals surface area contributed by atoms with Crippen LogP contribution in [-0.4, -0.2) is 10.9 Å². The quantitative estimate of drug-likeness (QED) is 0.384. The molecule has 0 radical (unpaired) electrons. The van der Waals surface area contributed by atoms with Gasteiger partial charge in [0.15, 0.2) is 0 Å². The van der Waals surface area contributed by atoms with Gasteiger partial charge in [-0.1, -0.05) is 82.6 Å². The molecule has 0 saturated heterocycles. The molecule has 1 atom stereocenters. The first-order chi connectivity index (χ1) is 13.7. The number of aryl methyl sites for hydroxylation is 1. The number of nitrogens with one attached hydrogen (secondary N) is 1. The minimum absolute atomic E-state index is 0.0331. The van der Waals surface area contributed by atoms with E-state index in [2.05, 4.69) is 35.4 Å². The number of hydrogen-bond acceptors (Lipinski definition) is 2. The highest BCUT2D eigenvalue weighted by Gasteiger charge is 2.18. The Morgan fingerprint density at radius 2 is 1.50 bits per heavy atom. The standard InChI is InChI=1S/C25H36N2O/c1-3-4-5-6-7-8-9-10-11-14-22-15-12-13-16-24(22)21(2)25(28)27-23-17-19-26-20-18-23/h12-13,15-21H,3-11,14H2,1-2H3,(H,26,27,28). The summed E-state index contributed by atoms with van der Waals surface area (Å²) in [5.74, 6) is -0.131. The lowest BCUT2D eigenvalue weighted by atomic mass is 9.92. The van der Waals surface area contributed by atoms with Crippen molar-refractivity contribution in [2.24, 2.45) is 0 Å².